The Labute approximate surface area is 124 Å². The molecular formula is C14H34N4O2. The summed E-state index contributed by atoms with van der Waals surface area (Å²) in [4.78, 5) is 0. The Balaban J connectivity index is 3.03. The van der Waals surface area contributed by atoms with E-state index in [2.05, 4.69) is 35.1 Å². The topological polar surface area (TPSA) is 66.6 Å². The van der Waals surface area contributed by atoms with Crippen LogP contribution in [-0.4, -0.2) is 78.8 Å². The molecule has 0 aromatic carbocycles. The number of hydrogen-bond donors (Lipinski definition) is 4. The van der Waals surface area contributed by atoms with Crippen molar-refractivity contribution in [2.24, 2.45) is 0 Å². The first-order valence-electron chi connectivity index (χ1n) is 7.59. The number of rotatable bonds is 15. The van der Waals surface area contributed by atoms with Crippen molar-refractivity contribution >= 4 is 0 Å². The lowest BCUT2D eigenvalue weighted by Crippen LogP contribution is -2.37. The van der Waals surface area contributed by atoms with Gasteiger partial charge >= 0.3 is 0 Å². The van der Waals surface area contributed by atoms with Gasteiger partial charge in [-0.15, -0.1) is 0 Å². The number of methoxy groups -OCH3 is 2. The molecule has 0 aliphatic carbocycles. The summed E-state index contributed by atoms with van der Waals surface area (Å²) in [5.41, 5.74) is 0. The molecule has 6 heteroatoms. The van der Waals surface area contributed by atoms with Crippen molar-refractivity contribution in [2.45, 2.75) is 26.1 Å². The second-order valence-electron chi connectivity index (χ2n) is 5.00. The molecule has 0 spiro atoms. The predicted molar refractivity (Wildman–Crippen MR) is 84.4 cm³/mol. The van der Waals surface area contributed by atoms with Crippen LogP contribution in [0.15, 0.2) is 0 Å². The van der Waals surface area contributed by atoms with Crippen molar-refractivity contribution in [1.29, 1.82) is 0 Å². The van der Waals surface area contributed by atoms with Crippen molar-refractivity contribution in [1.82, 2.24) is 21.3 Å². The summed E-state index contributed by atoms with van der Waals surface area (Å²) < 4.78 is 10.3. The van der Waals surface area contributed by atoms with Gasteiger partial charge in [-0.1, -0.05) is 0 Å². The van der Waals surface area contributed by atoms with Crippen LogP contribution >= 0.6 is 0 Å². The quantitative estimate of drug-likeness (QED) is 0.303. The number of hydrogen-bond acceptors (Lipinski definition) is 6. The monoisotopic (exact) mass is 290 g/mol. The smallest absolute Gasteiger partial charge is 0.0667 e. The maximum Gasteiger partial charge on any atom is 0.0667 e. The summed E-state index contributed by atoms with van der Waals surface area (Å²) in [5, 5.41) is 13.5. The van der Waals surface area contributed by atoms with Gasteiger partial charge in [-0.2, -0.15) is 0 Å². The normalized spacial score (nSPS) is 14.4. The van der Waals surface area contributed by atoms with Gasteiger partial charge in [-0.05, 0) is 13.8 Å². The van der Waals surface area contributed by atoms with E-state index >= 15 is 0 Å². The minimum absolute atomic E-state index is 0.282. The van der Waals surface area contributed by atoms with E-state index in [-0.39, 0.29) is 12.2 Å². The molecule has 0 fully saturated rings. The molecule has 6 nitrogen and oxygen atoms in total. The Morgan fingerprint density at radius 1 is 0.600 bits per heavy atom. The number of nitrogens with one attached hydrogen (secondary N) is 4. The van der Waals surface area contributed by atoms with Gasteiger partial charge in [-0.25, -0.2) is 0 Å². The zero-order chi connectivity index (χ0) is 15.1. The molecule has 0 rings (SSSR count). The van der Waals surface area contributed by atoms with Crippen molar-refractivity contribution in [3.63, 3.8) is 0 Å². The Hall–Kier alpha value is -0.240. The minimum Gasteiger partial charge on any atom is -0.380 e. The fraction of sp³-hybridized carbons (Fsp3) is 1.00. The Kier molecular flexibility index (Phi) is 15.0. The van der Waals surface area contributed by atoms with E-state index in [0.717, 1.165) is 52.4 Å². The molecule has 0 aromatic rings. The molecule has 0 saturated heterocycles. The summed E-state index contributed by atoms with van der Waals surface area (Å²) in [6.07, 6.45) is 0.565. The lowest BCUT2D eigenvalue weighted by Gasteiger charge is -2.12. The Bertz CT molecular complexity index is 176. The lowest BCUT2D eigenvalue weighted by molar-refractivity contribution is 0.117. The average Bonchev–Trinajstić information content (AvgIpc) is 2.47. The van der Waals surface area contributed by atoms with Crippen molar-refractivity contribution in [2.75, 3.05) is 66.6 Å². The highest BCUT2D eigenvalue weighted by molar-refractivity contribution is 4.59. The van der Waals surface area contributed by atoms with Gasteiger partial charge in [0.1, 0.15) is 0 Å². The van der Waals surface area contributed by atoms with Crippen molar-refractivity contribution in [3.8, 4) is 0 Å². The molecule has 0 aliphatic rings. The van der Waals surface area contributed by atoms with Crippen molar-refractivity contribution in [3.05, 3.63) is 0 Å². The van der Waals surface area contributed by atoms with E-state index in [1.807, 2.05) is 0 Å². The van der Waals surface area contributed by atoms with Gasteiger partial charge in [0.25, 0.3) is 0 Å². The molecule has 0 bridgehead atoms. The first-order chi connectivity index (χ1) is 9.70. The maximum atomic E-state index is 5.16. The third-order valence-electron chi connectivity index (χ3n) is 3.10. The third-order valence-corrected chi connectivity index (χ3v) is 3.10. The molecule has 2 atom stereocenters. The molecule has 122 valence electrons. The molecule has 0 heterocycles. The zero-order valence-electron chi connectivity index (χ0n) is 13.6. The molecule has 0 radical (unpaired) electrons. The lowest BCUT2D eigenvalue weighted by atomic mass is 10.4. The summed E-state index contributed by atoms with van der Waals surface area (Å²) in [5.74, 6) is 0. The van der Waals surface area contributed by atoms with E-state index in [9.17, 15) is 0 Å². The molecule has 4 N–H and O–H groups in total. The van der Waals surface area contributed by atoms with E-state index in [4.69, 9.17) is 9.47 Å². The van der Waals surface area contributed by atoms with Gasteiger partial charge in [0.15, 0.2) is 0 Å². The summed E-state index contributed by atoms with van der Waals surface area (Å²) >= 11 is 0. The average molecular weight is 290 g/mol. The van der Waals surface area contributed by atoms with E-state index in [1.54, 1.807) is 14.2 Å². The van der Waals surface area contributed by atoms with Gasteiger partial charge in [0.2, 0.25) is 0 Å². The van der Waals surface area contributed by atoms with Crippen LogP contribution in [0, 0.1) is 0 Å². The summed E-state index contributed by atoms with van der Waals surface area (Å²) in [6.45, 7) is 11.9. The van der Waals surface area contributed by atoms with Crippen LogP contribution in [0.2, 0.25) is 0 Å². The second-order valence-corrected chi connectivity index (χ2v) is 5.00. The van der Waals surface area contributed by atoms with E-state index < -0.39 is 0 Å². The fourth-order valence-electron chi connectivity index (χ4n) is 1.56. The molecular weight excluding hydrogens is 256 g/mol. The molecule has 0 saturated carbocycles. The van der Waals surface area contributed by atoms with Gasteiger partial charge in [-0.3, -0.25) is 0 Å². The highest BCUT2D eigenvalue weighted by Gasteiger charge is 1.97. The molecule has 0 aliphatic heterocycles. The molecule has 2 unspecified atom stereocenters. The van der Waals surface area contributed by atoms with E-state index in [0.29, 0.717) is 0 Å². The number of ether oxygens (including phenoxy) is 2. The van der Waals surface area contributed by atoms with Crippen LogP contribution in [0.4, 0.5) is 0 Å². The van der Waals surface area contributed by atoms with Crippen LogP contribution in [0.25, 0.3) is 0 Å². The van der Waals surface area contributed by atoms with E-state index in [1.165, 1.54) is 0 Å². The molecule has 20 heavy (non-hydrogen) atoms. The van der Waals surface area contributed by atoms with Gasteiger partial charge < -0.3 is 30.7 Å². The zero-order valence-corrected chi connectivity index (χ0v) is 13.6. The highest BCUT2D eigenvalue weighted by Crippen LogP contribution is 1.82. The summed E-state index contributed by atoms with van der Waals surface area (Å²) in [7, 11) is 3.47. The molecule has 0 aromatic heterocycles. The predicted octanol–water partition coefficient (Wildman–Crippen LogP) is -0.585. The maximum absolute atomic E-state index is 5.16. The first-order valence-corrected chi connectivity index (χ1v) is 7.59. The third kappa shape index (κ3) is 14.2. The van der Waals surface area contributed by atoms with Gasteiger partial charge in [0, 0.05) is 66.6 Å². The Morgan fingerprint density at radius 3 is 1.20 bits per heavy atom. The van der Waals surface area contributed by atoms with Crippen molar-refractivity contribution < 1.29 is 9.47 Å². The van der Waals surface area contributed by atoms with Gasteiger partial charge in [0.05, 0.1) is 12.2 Å². The second kappa shape index (κ2) is 15.2. The standard InChI is InChI=1S/C14H34N4O2/c1-13(19-3)11-17-9-7-15-5-6-16-8-10-18-12-14(2)20-4/h13-18H,5-12H2,1-4H3. The summed E-state index contributed by atoms with van der Waals surface area (Å²) in [6, 6.07) is 0. The van der Waals surface area contributed by atoms with Crippen LogP contribution in [0.1, 0.15) is 13.8 Å². The SMILES string of the molecule is COC(C)CNCCNCCNCCNCC(C)OC. The molecule has 0 amide bonds. The van der Waals surface area contributed by atoms with Crippen LogP contribution in [0.3, 0.4) is 0 Å². The van der Waals surface area contributed by atoms with Crippen LogP contribution in [-0.2, 0) is 9.47 Å². The van der Waals surface area contributed by atoms with Crippen LogP contribution < -0.4 is 21.3 Å². The van der Waals surface area contributed by atoms with Crippen LogP contribution in [0.5, 0.6) is 0 Å². The Morgan fingerprint density at radius 2 is 0.900 bits per heavy atom. The highest BCUT2D eigenvalue weighted by atomic mass is 16.5. The first kappa shape index (κ1) is 19.8. The minimum atomic E-state index is 0.282. The largest absolute Gasteiger partial charge is 0.380 e. The fourth-order valence-corrected chi connectivity index (χ4v) is 1.56.